The lowest BCUT2D eigenvalue weighted by atomic mass is 9.39. The van der Waals surface area contributed by atoms with E-state index in [0.29, 0.717) is 40.3 Å². The molecule has 0 aliphatic carbocycles. The molecule has 0 radical (unpaired) electrons. The maximum Gasteiger partial charge on any atom is 0.591 e. The maximum absolute atomic E-state index is 9.03. The average Bonchev–Trinajstić information content (AvgIpc) is 0.962. The Labute approximate surface area is 703 Å². The lowest BCUT2D eigenvalue weighted by Crippen LogP contribution is -2.45. The predicted octanol–water partition coefficient (Wildman–Crippen LogP) is 18.3. The van der Waals surface area contributed by atoms with Gasteiger partial charge in [0.25, 0.3) is 0 Å². The van der Waals surface area contributed by atoms with Gasteiger partial charge < -0.3 is 19.2 Å². The molecule has 13 aromatic carbocycles. The first-order valence-electron chi connectivity index (χ1n) is 41.7. The molecule has 0 saturated carbocycles. The highest BCUT2D eigenvalue weighted by Crippen LogP contribution is 2.32. The van der Waals surface area contributed by atoms with Gasteiger partial charge in [-0.25, -0.2) is 0 Å². The van der Waals surface area contributed by atoms with Gasteiger partial charge in [0.1, 0.15) is 17.2 Å². The summed E-state index contributed by atoms with van der Waals surface area (Å²) in [5.41, 5.74) is 34.5. The number of benzene rings is 13. The van der Waals surface area contributed by atoms with Crippen LogP contribution in [0.25, 0.3) is 0 Å². The number of para-hydroxylation sites is 2. The Bertz CT molecular complexity index is 4770. The van der Waals surface area contributed by atoms with E-state index in [1.165, 1.54) is 132 Å². The second-order valence-electron chi connectivity index (χ2n) is 34.0. The van der Waals surface area contributed by atoms with Gasteiger partial charge in [-0.15, -0.1) is 0 Å². The summed E-state index contributed by atoms with van der Waals surface area (Å²) in [7, 11) is 1.55. The minimum atomic E-state index is -0.127. The Morgan fingerprint density at radius 1 is 0.293 bits per heavy atom. The fourth-order valence-electron chi connectivity index (χ4n) is 15.5. The minimum Gasteiger partial charge on any atom is -0.523 e. The van der Waals surface area contributed by atoms with Gasteiger partial charge in [-0.1, -0.05) is 483 Å². The number of aliphatic hydroxyl groups is 1. The minimum absolute atomic E-state index is 0.0944. The van der Waals surface area contributed by atoms with Crippen molar-refractivity contribution in [1.82, 2.24) is 0 Å². The molecule has 0 spiro atoms. The van der Waals surface area contributed by atoms with E-state index in [9.17, 15) is 0 Å². The topological polar surface area (TPSA) is 47.9 Å². The normalized spacial score (nSPS) is 11.0. The van der Waals surface area contributed by atoms with E-state index in [1.54, 1.807) is 7.11 Å². The van der Waals surface area contributed by atoms with Crippen molar-refractivity contribution in [3.8, 4) is 17.2 Å². The smallest absolute Gasteiger partial charge is 0.523 e. The monoisotopic (exact) mass is 1530 g/mol. The van der Waals surface area contributed by atoms with Crippen LogP contribution in [0.1, 0.15) is 114 Å². The molecule has 0 fully saturated rings. The number of ether oxygens (including phenoxy) is 1. The molecule has 1 aliphatic rings. The van der Waals surface area contributed by atoms with Crippen molar-refractivity contribution >= 4 is 113 Å². The van der Waals surface area contributed by atoms with Crippen LogP contribution in [0.15, 0.2) is 303 Å². The van der Waals surface area contributed by atoms with Crippen LogP contribution < -0.4 is 79.6 Å². The van der Waals surface area contributed by atoms with Crippen LogP contribution in [0, 0.1) is 69.2 Å². The predicted molar refractivity (Wildman–Crippen MR) is 519 cm³/mol. The summed E-state index contributed by atoms with van der Waals surface area (Å²) >= 11 is 0. The summed E-state index contributed by atoms with van der Waals surface area (Å²) in [5, 5.41) is 9.03. The first-order valence-corrected chi connectivity index (χ1v) is 41.7. The standard InChI is InChI=1S/C21H29B.C19H25B.C15H17BO2.2C15H17B.C13H13B.C7H7BO2/c1-20(2,3)16-8-12-18(13-9-16)22(7)19-14-10-17(11-15-19)21(4,5)6;1-12-8-14(3)18(15(4)9-12)20(7)19-16(5)10-13(2)11-17(19)6;1-16(13-5-3-12(11-17)4-6-13)14-7-9-15(18-2)10-8-14;1-12-4-8-14(9-5-12)16(3)15-10-6-13(2)7-11-15;1-12-8-4-6-10-14(12)16(3)15-11-7-5-9-13(15)2;1-14(12-8-4-2-5-9-12)13-10-6-3-7-11-13;1-8-9-6-4-2-3-5-7(6)10-8/h8-15H,1-7H3;8-11H,1-7H3;3-10,17H,11H2,1-2H3;2*4-11H,1-3H3;2-11H,1H3;2-5H,1H3. The summed E-state index contributed by atoms with van der Waals surface area (Å²) < 4.78 is 15.7. The molecule has 0 unspecified atom stereocenters. The molecule has 0 saturated heterocycles. The van der Waals surface area contributed by atoms with Crippen molar-refractivity contribution in [3.63, 3.8) is 0 Å². The first-order chi connectivity index (χ1) is 55.2. The molecule has 0 aromatic heterocycles. The van der Waals surface area contributed by atoms with Crippen LogP contribution in [-0.2, 0) is 17.4 Å². The van der Waals surface area contributed by atoms with E-state index in [4.69, 9.17) is 19.2 Å². The zero-order valence-electron chi connectivity index (χ0n) is 74.3. The molecule has 1 heterocycles. The molecule has 590 valence electrons. The van der Waals surface area contributed by atoms with Gasteiger partial charge in [0.05, 0.1) is 13.7 Å². The van der Waals surface area contributed by atoms with Crippen molar-refractivity contribution in [2.75, 3.05) is 7.11 Å². The first kappa shape index (κ1) is 91.2. The van der Waals surface area contributed by atoms with Crippen molar-refractivity contribution in [2.24, 2.45) is 0 Å². The molecule has 4 nitrogen and oxygen atoms in total. The fraction of sp³-hybridized carbons (Fsp3) is 0.257. The summed E-state index contributed by atoms with van der Waals surface area (Å²) in [6.07, 6.45) is 0. The molecule has 0 atom stereocenters. The van der Waals surface area contributed by atoms with E-state index in [0.717, 1.165) is 22.8 Å². The molecular weight excluding hydrogens is 1400 g/mol. The number of aliphatic hydroxyl groups excluding tert-OH is 1. The average molecular weight is 1530 g/mol. The molecule has 0 amide bonds. The van der Waals surface area contributed by atoms with E-state index in [2.05, 4.69) is 407 Å². The quantitative estimate of drug-likeness (QED) is 0.110. The zero-order valence-corrected chi connectivity index (χ0v) is 74.3. The Balaban J connectivity index is 0.000000171. The summed E-state index contributed by atoms with van der Waals surface area (Å²) in [5.74, 6) is 2.56. The van der Waals surface area contributed by atoms with E-state index in [1.807, 2.05) is 55.4 Å². The van der Waals surface area contributed by atoms with Gasteiger partial charge in [-0.2, -0.15) is 0 Å². The van der Waals surface area contributed by atoms with Gasteiger partial charge in [0.15, 0.2) is 0 Å². The van der Waals surface area contributed by atoms with Crippen LogP contribution in [0.5, 0.6) is 17.2 Å². The van der Waals surface area contributed by atoms with Crippen molar-refractivity contribution in [2.45, 2.75) is 176 Å². The number of hydrogen-bond acceptors (Lipinski definition) is 4. The third-order valence-corrected chi connectivity index (χ3v) is 22.7. The number of aryl methyl sites for hydroxylation is 10. The van der Waals surface area contributed by atoms with Gasteiger partial charge in [0, 0.05) is 0 Å². The van der Waals surface area contributed by atoms with Crippen molar-refractivity contribution in [1.29, 1.82) is 0 Å². The van der Waals surface area contributed by atoms with Crippen molar-refractivity contribution in [3.05, 3.63) is 376 Å². The highest BCUT2D eigenvalue weighted by Gasteiger charge is 2.26. The number of rotatable bonds is 14. The molecule has 1 aliphatic heterocycles. The Morgan fingerprint density at radius 2 is 0.560 bits per heavy atom. The van der Waals surface area contributed by atoms with Gasteiger partial charge in [-0.05, 0) is 128 Å². The zero-order chi connectivity index (χ0) is 84.4. The molecule has 0 bridgehead atoms. The number of hydrogen-bond donors (Lipinski definition) is 1. The maximum atomic E-state index is 9.03. The van der Waals surface area contributed by atoms with Crippen LogP contribution in [0.2, 0.25) is 47.8 Å². The second kappa shape index (κ2) is 43.6. The molecule has 116 heavy (non-hydrogen) atoms. The van der Waals surface area contributed by atoms with Crippen LogP contribution in [-0.4, -0.2) is 59.6 Å². The summed E-state index contributed by atoms with van der Waals surface area (Å²) in [6.45, 7) is 53.7. The molecule has 14 rings (SSSR count). The molecular formula is C105H125B7O4. The second-order valence-corrected chi connectivity index (χ2v) is 34.0. The van der Waals surface area contributed by atoms with Crippen molar-refractivity contribution < 1.29 is 19.2 Å². The Kier molecular flexibility index (Phi) is 34.3. The highest BCUT2D eigenvalue weighted by atomic mass is 16.6. The number of fused-ring (bicyclic) bond motifs is 1. The van der Waals surface area contributed by atoms with Crippen LogP contribution in [0.3, 0.4) is 0 Å². The summed E-state index contributed by atoms with van der Waals surface area (Å²) in [4.78, 5) is 0. The number of methoxy groups -OCH3 is 1. The van der Waals surface area contributed by atoms with Crippen LogP contribution >= 0.6 is 0 Å². The molecule has 1 N–H and O–H groups in total. The highest BCUT2D eigenvalue weighted by molar-refractivity contribution is 6.87. The Hall–Kier alpha value is -10.3. The van der Waals surface area contributed by atoms with E-state index < -0.39 is 0 Å². The summed E-state index contributed by atoms with van der Waals surface area (Å²) in [6, 6.07) is 107. The fourth-order valence-corrected chi connectivity index (χ4v) is 15.5. The lowest BCUT2D eigenvalue weighted by Gasteiger charge is -2.21. The third kappa shape index (κ3) is 26.6. The van der Waals surface area contributed by atoms with E-state index >= 15 is 0 Å². The third-order valence-electron chi connectivity index (χ3n) is 22.7. The van der Waals surface area contributed by atoms with Gasteiger partial charge in [-0.3, -0.25) is 0 Å². The van der Waals surface area contributed by atoms with Gasteiger partial charge >= 0.3 is 7.12 Å². The Morgan fingerprint density at radius 3 is 0.853 bits per heavy atom. The SMILES string of the molecule is CB(c1c(C)cc(C)cc1C)c1c(C)cc(C)cc1C.CB(c1ccc(C(C)(C)C)cc1)c1ccc(C(C)(C)C)cc1.CB(c1ccc(C)cc1)c1ccc(C)cc1.CB(c1ccccc1)c1ccccc1.CB(c1ccccc1C)c1ccccc1C.CB1Oc2ccccc2O1.COc1ccc(B(C)c2ccc(CO)cc2)cc1. The molecule has 11 heteroatoms. The van der Waals surface area contributed by atoms with E-state index in [-0.39, 0.29) is 24.6 Å². The van der Waals surface area contributed by atoms with Gasteiger partial charge in [0.2, 0.25) is 40.3 Å². The van der Waals surface area contributed by atoms with Crippen LogP contribution in [0.4, 0.5) is 0 Å². The molecule has 13 aromatic rings. The lowest BCUT2D eigenvalue weighted by molar-refractivity contribution is 0.282. The largest absolute Gasteiger partial charge is 0.591 e.